The van der Waals surface area contributed by atoms with Crippen LogP contribution in [-0.2, 0) is 9.59 Å². The Balaban J connectivity index is 1.60. The Morgan fingerprint density at radius 1 is 1.19 bits per heavy atom. The molecule has 3 rings (SSSR count). The van der Waals surface area contributed by atoms with Crippen molar-refractivity contribution in [1.82, 2.24) is 30.0 Å². The molecule has 0 aromatic carbocycles. The summed E-state index contributed by atoms with van der Waals surface area (Å²) in [6.45, 7) is 9.51. The first-order valence-electron chi connectivity index (χ1n) is 10.6. The number of hydrogen-bond acceptors (Lipinski definition) is 7. The van der Waals surface area contributed by atoms with Gasteiger partial charge in [-0.1, -0.05) is 20.8 Å². The van der Waals surface area contributed by atoms with Crippen molar-refractivity contribution in [2.45, 2.75) is 38.5 Å². The van der Waals surface area contributed by atoms with E-state index < -0.39 is 12.1 Å². The number of amides is 3. The smallest absolute Gasteiger partial charge is 0.405 e. The summed E-state index contributed by atoms with van der Waals surface area (Å²) in [6.07, 6.45) is 3.11. The number of carbonyl (C=O) groups excluding carboxylic acids is 2. The SMILES string of the molecule is CSC(C[C@@H](NC(=O)O)C(=O)N1CCN(N2CN3CN(C)C=C3C2=O)CC1)C(C)(C)C. The Kier molecular flexibility index (Phi) is 6.95. The second-order valence-corrected chi connectivity index (χ2v) is 10.4. The highest BCUT2D eigenvalue weighted by atomic mass is 32.2. The van der Waals surface area contributed by atoms with Gasteiger partial charge in [0.2, 0.25) is 5.91 Å². The quantitative estimate of drug-likeness (QED) is 0.605. The molecule has 0 saturated carbocycles. The van der Waals surface area contributed by atoms with E-state index in [1.807, 2.05) is 34.3 Å². The maximum atomic E-state index is 13.2. The number of hydrazine groups is 1. The molecule has 0 spiro atoms. The average molecular weight is 455 g/mol. The van der Waals surface area contributed by atoms with E-state index in [4.69, 9.17) is 0 Å². The lowest BCUT2D eigenvalue weighted by molar-refractivity contribution is -0.149. The van der Waals surface area contributed by atoms with Crippen molar-refractivity contribution >= 4 is 29.7 Å². The lowest BCUT2D eigenvalue weighted by atomic mass is 9.87. The molecule has 0 aromatic rings. The Morgan fingerprint density at radius 2 is 1.84 bits per heavy atom. The molecule has 3 aliphatic rings. The molecule has 3 heterocycles. The summed E-state index contributed by atoms with van der Waals surface area (Å²) in [7, 11) is 1.94. The highest BCUT2D eigenvalue weighted by Gasteiger charge is 2.41. The van der Waals surface area contributed by atoms with Crippen LogP contribution in [0.5, 0.6) is 0 Å². The van der Waals surface area contributed by atoms with Crippen LogP contribution in [0, 0.1) is 5.41 Å². The third kappa shape index (κ3) is 5.20. The van der Waals surface area contributed by atoms with Crippen molar-refractivity contribution in [3.63, 3.8) is 0 Å². The number of piperazine rings is 1. The summed E-state index contributed by atoms with van der Waals surface area (Å²) >= 11 is 1.65. The van der Waals surface area contributed by atoms with Crippen LogP contribution in [-0.4, -0.2) is 112 Å². The van der Waals surface area contributed by atoms with E-state index >= 15 is 0 Å². The van der Waals surface area contributed by atoms with Crippen LogP contribution >= 0.6 is 11.8 Å². The monoisotopic (exact) mass is 454 g/mol. The number of rotatable bonds is 6. The van der Waals surface area contributed by atoms with Crippen molar-refractivity contribution in [3.05, 3.63) is 11.9 Å². The van der Waals surface area contributed by atoms with Gasteiger partial charge < -0.3 is 25.1 Å². The van der Waals surface area contributed by atoms with E-state index in [-0.39, 0.29) is 22.5 Å². The van der Waals surface area contributed by atoms with Crippen LogP contribution < -0.4 is 5.32 Å². The summed E-state index contributed by atoms with van der Waals surface area (Å²) < 4.78 is 0. The minimum Gasteiger partial charge on any atom is -0.465 e. The summed E-state index contributed by atoms with van der Waals surface area (Å²) in [5.41, 5.74) is 0.653. The fraction of sp³-hybridized carbons (Fsp3) is 0.750. The van der Waals surface area contributed by atoms with Crippen LogP contribution in [0.2, 0.25) is 0 Å². The summed E-state index contributed by atoms with van der Waals surface area (Å²) in [5, 5.41) is 15.6. The maximum absolute atomic E-state index is 13.2. The molecular weight excluding hydrogens is 420 g/mol. The number of hydrogen-bond donors (Lipinski definition) is 2. The van der Waals surface area contributed by atoms with E-state index in [1.54, 1.807) is 21.7 Å². The van der Waals surface area contributed by atoms with E-state index in [1.165, 1.54) is 0 Å². The predicted octanol–water partition coefficient (Wildman–Crippen LogP) is 0.696. The molecular formula is C20H34N6O4S. The lowest BCUT2D eigenvalue weighted by Gasteiger charge is -2.40. The Bertz CT molecular complexity index is 746. The zero-order valence-electron chi connectivity index (χ0n) is 19.0. The summed E-state index contributed by atoms with van der Waals surface area (Å²) in [6, 6.07) is -0.777. The van der Waals surface area contributed by atoms with Gasteiger partial charge in [0.1, 0.15) is 18.4 Å². The summed E-state index contributed by atoms with van der Waals surface area (Å²) in [4.78, 5) is 43.0. The van der Waals surface area contributed by atoms with Crippen molar-refractivity contribution < 1.29 is 19.5 Å². The Hall–Kier alpha value is -2.14. The highest BCUT2D eigenvalue weighted by Crippen LogP contribution is 2.33. The molecule has 3 amide bonds. The molecule has 10 nitrogen and oxygen atoms in total. The topological polar surface area (TPSA) is 99.7 Å². The standard InChI is InChI=1S/C20H34N6O4S/c1-20(2,3)16(31-5)10-14(21-19(29)30)17(27)23-6-8-25(9-7-23)26-13-24-12-22(4)11-15(24)18(26)28/h11,14,16,21H,6-10,12-13H2,1-5H3,(H,29,30)/t14-,16?/m1/s1. The number of thioether (sulfide) groups is 1. The van der Waals surface area contributed by atoms with Gasteiger partial charge >= 0.3 is 6.09 Å². The fourth-order valence-corrected chi connectivity index (χ4v) is 5.42. The highest BCUT2D eigenvalue weighted by molar-refractivity contribution is 7.99. The van der Waals surface area contributed by atoms with Gasteiger partial charge in [-0.05, 0) is 18.1 Å². The second-order valence-electron chi connectivity index (χ2n) is 9.41. The predicted molar refractivity (Wildman–Crippen MR) is 119 cm³/mol. The van der Waals surface area contributed by atoms with Crippen LogP contribution in [0.3, 0.4) is 0 Å². The first-order valence-corrected chi connectivity index (χ1v) is 11.8. The van der Waals surface area contributed by atoms with Gasteiger partial charge in [-0.2, -0.15) is 11.8 Å². The second kappa shape index (κ2) is 9.15. The molecule has 0 radical (unpaired) electrons. The molecule has 3 aliphatic heterocycles. The number of nitrogens with one attached hydrogen (secondary N) is 1. The van der Waals surface area contributed by atoms with Gasteiger partial charge in [0.25, 0.3) is 5.91 Å². The minimum atomic E-state index is -1.19. The van der Waals surface area contributed by atoms with Crippen LogP contribution in [0.15, 0.2) is 11.9 Å². The lowest BCUT2D eigenvalue weighted by Crippen LogP contribution is -2.59. The first-order chi connectivity index (χ1) is 14.5. The third-order valence-corrected chi connectivity index (χ3v) is 7.51. The van der Waals surface area contributed by atoms with E-state index in [0.717, 1.165) is 0 Å². The number of carbonyl (C=O) groups is 3. The summed E-state index contributed by atoms with van der Waals surface area (Å²) in [5.74, 6) is -0.203. The molecule has 0 aromatic heterocycles. The molecule has 2 N–H and O–H groups in total. The van der Waals surface area contributed by atoms with Crippen LogP contribution in [0.1, 0.15) is 27.2 Å². The van der Waals surface area contributed by atoms with Crippen LogP contribution in [0.4, 0.5) is 4.79 Å². The molecule has 0 aliphatic carbocycles. The molecule has 2 saturated heterocycles. The number of carboxylic acid groups (broad SMARTS) is 1. The maximum Gasteiger partial charge on any atom is 0.405 e. The fourth-order valence-electron chi connectivity index (χ4n) is 4.33. The van der Waals surface area contributed by atoms with E-state index in [2.05, 4.69) is 26.1 Å². The first kappa shape index (κ1) is 23.5. The molecule has 2 atom stereocenters. The van der Waals surface area contributed by atoms with Crippen molar-refractivity contribution in [3.8, 4) is 0 Å². The zero-order chi connectivity index (χ0) is 22.9. The van der Waals surface area contributed by atoms with Gasteiger partial charge in [-0.25, -0.2) is 14.8 Å². The molecule has 31 heavy (non-hydrogen) atoms. The largest absolute Gasteiger partial charge is 0.465 e. The van der Waals surface area contributed by atoms with Gasteiger partial charge in [0.15, 0.2) is 0 Å². The van der Waals surface area contributed by atoms with Gasteiger partial charge in [-0.15, -0.1) is 0 Å². The molecule has 1 unspecified atom stereocenters. The van der Waals surface area contributed by atoms with Gasteiger partial charge in [0.05, 0.1) is 6.67 Å². The van der Waals surface area contributed by atoms with Crippen molar-refractivity contribution in [1.29, 1.82) is 0 Å². The zero-order valence-corrected chi connectivity index (χ0v) is 19.8. The number of nitrogens with zero attached hydrogens (tertiary/aromatic N) is 5. The van der Waals surface area contributed by atoms with Crippen LogP contribution in [0.25, 0.3) is 0 Å². The molecule has 2 fully saturated rings. The molecule has 0 bridgehead atoms. The Morgan fingerprint density at radius 3 is 2.35 bits per heavy atom. The molecule has 11 heteroatoms. The van der Waals surface area contributed by atoms with Crippen molar-refractivity contribution in [2.24, 2.45) is 5.41 Å². The minimum absolute atomic E-state index is 0.0115. The average Bonchev–Trinajstić information content (AvgIpc) is 3.20. The van der Waals surface area contributed by atoms with Crippen molar-refractivity contribution in [2.75, 3.05) is 52.8 Å². The molecule has 174 valence electrons. The number of fused-ring (bicyclic) bond motifs is 1. The normalized spacial score (nSPS) is 21.8. The Labute approximate surface area is 188 Å². The third-order valence-electron chi connectivity index (χ3n) is 6.04. The van der Waals surface area contributed by atoms with Gasteiger partial charge in [-0.3, -0.25) is 9.59 Å². The van der Waals surface area contributed by atoms with Gasteiger partial charge in [0, 0.05) is 44.7 Å². The van der Waals surface area contributed by atoms with E-state index in [0.29, 0.717) is 51.6 Å². The van der Waals surface area contributed by atoms with E-state index in [9.17, 15) is 19.5 Å².